The number of aryl methyl sites for hydroxylation is 1. The molecule has 3 aromatic heterocycles. The second kappa shape index (κ2) is 9.62. The van der Waals surface area contributed by atoms with E-state index in [-0.39, 0.29) is 5.97 Å². The molecule has 0 fully saturated rings. The zero-order valence-electron chi connectivity index (χ0n) is 20.5. The van der Waals surface area contributed by atoms with Crippen molar-refractivity contribution in [1.82, 2.24) is 24.5 Å². The van der Waals surface area contributed by atoms with Gasteiger partial charge in [-0.2, -0.15) is 10.1 Å². The standard InChI is InChI=1S/C27H26ClN5O3/c1-5-35-27(34)20-12-29-32(14-20)13-18-6-8-21(17(4)10-18)25-30-26(36-31-25)19-7-9-24-22(11-19)23(28)15-33(24)16(2)3/h6-12,14-16H,5,13H2,1-4H3. The van der Waals surface area contributed by atoms with Crippen LogP contribution in [0.15, 0.2) is 59.5 Å². The smallest absolute Gasteiger partial charge is 0.341 e. The molecule has 0 atom stereocenters. The van der Waals surface area contributed by atoms with Crippen LogP contribution in [0.25, 0.3) is 33.7 Å². The van der Waals surface area contributed by atoms with E-state index in [2.05, 4.69) is 39.7 Å². The van der Waals surface area contributed by atoms with Crippen molar-refractivity contribution in [3.63, 3.8) is 0 Å². The zero-order valence-corrected chi connectivity index (χ0v) is 21.3. The maximum absolute atomic E-state index is 11.9. The van der Waals surface area contributed by atoms with Crippen molar-refractivity contribution in [1.29, 1.82) is 0 Å². The lowest BCUT2D eigenvalue weighted by Gasteiger charge is -2.08. The van der Waals surface area contributed by atoms with Crippen LogP contribution < -0.4 is 0 Å². The molecule has 0 saturated heterocycles. The van der Waals surface area contributed by atoms with Crippen molar-refractivity contribution in [3.8, 4) is 22.8 Å². The third-order valence-corrected chi connectivity index (χ3v) is 6.34. The molecule has 36 heavy (non-hydrogen) atoms. The number of benzene rings is 2. The highest BCUT2D eigenvalue weighted by molar-refractivity contribution is 6.35. The first-order chi connectivity index (χ1) is 17.3. The molecule has 0 spiro atoms. The monoisotopic (exact) mass is 503 g/mol. The number of ether oxygens (including phenoxy) is 1. The molecular formula is C27H26ClN5O3. The topological polar surface area (TPSA) is 88.0 Å². The summed E-state index contributed by atoms with van der Waals surface area (Å²) in [5, 5.41) is 10.1. The van der Waals surface area contributed by atoms with Crippen LogP contribution in [0, 0.1) is 6.92 Å². The summed E-state index contributed by atoms with van der Waals surface area (Å²) in [5.41, 5.74) is 5.24. The Hall–Kier alpha value is -3.91. The highest BCUT2D eigenvalue weighted by Gasteiger charge is 2.16. The molecule has 3 heterocycles. The van der Waals surface area contributed by atoms with Crippen molar-refractivity contribution in [2.75, 3.05) is 6.61 Å². The molecule has 2 aromatic carbocycles. The first kappa shape index (κ1) is 23.8. The molecule has 8 nitrogen and oxygen atoms in total. The summed E-state index contributed by atoms with van der Waals surface area (Å²) in [5.74, 6) is 0.581. The molecule has 0 unspecified atom stereocenters. The fraction of sp³-hybridized carbons (Fsp3) is 0.259. The summed E-state index contributed by atoms with van der Waals surface area (Å²) in [6.07, 6.45) is 5.15. The maximum atomic E-state index is 11.9. The molecule has 0 aliphatic carbocycles. The average molecular weight is 504 g/mol. The molecule has 0 aliphatic rings. The van der Waals surface area contributed by atoms with E-state index in [4.69, 9.17) is 20.9 Å². The van der Waals surface area contributed by atoms with E-state index in [9.17, 15) is 4.79 Å². The Morgan fingerprint density at radius 2 is 2.00 bits per heavy atom. The van der Waals surface area contributed by atoms with Gasteiger partial charge in [0.25, 0.3) is 5.89 Å². The lowest BCUT2D eigenvalue weighted by Crippen LogP contribution is -2.04. The van der Waals surface area contributed by atoms with E-state index >= 15 is 0 Å². The Morgan fingerprint density at radius 1 is 1.17 bits per heavy atom. The van der Waals surface area contributed by atoms with Gasteiger partial charge in [-0.05, 0) is 57.0 Å². The van der Waals surface area contributed by atoms with E-state index in [1.807, 2.05) is 43.5 Å². The van der Waals surface area contributed by atoms with E-state index in [0.29, 0.717) is 41.5 Å². The van der Waals surface area contributed by atoms with Gasteiger partial charge in [-0.25, -0.2) is 4.79 Å². The van der Waals surface area contributed by atoms with Gasteiger partial charge in [0.15, 0.2) is 0 Å². The lowest BCUT2D eigenvalue weighted by atomic mass is 10.0. The molecule has 0 saturated carbocycles. The summed E-state index contributed by atoms with van der Waals surface area (Å²) in [6, 6.07) is 12.3. The summed E-state index contributed by atoms with van der Waals surface area (Å²) in [6.45, 7) is 8.88. The number of hydrogen-bond acceptors (Lipinski definition) is 6. The van der Waals surface area contributed by atoms with Crippen LogP contribution in [0.4, 0.5) is 0 Å². The number of esters is 1. The van der Waals surface area contributed by atoms with Crippen LogP contribution in [0.2, 0.25) is 5.02 Å². The Labute approximate surface area is 213 Å². The van der Waals surface area contributed by atoms with Gasteiger partial charge in [0.1, 0.15) is 0 Å². The summed E-state index contributed by atoms with van der Waals surface area (Å²) < 4.78 is 14.5. The van der Waals surface area contributed by atoms with Crippen molar-refractivity contribution in [2.45, 2.75) is 40.3 Å². The van der Waals surface area contributed by atoms with Gasteiger partial charge in [-0.1, -0.05) is 35.0 Å². The number of hydrogen-bond donors (Lipinski definition) is 0. The number of nitrogens with zero attached hydrogens (tertiary/aromatic N) is 5. The number of rotatable bonds is 7. The maximum Gasteiger partial charge on any atom is 0.341 e. The van der Waals surface area contributed by atoms with Crippen molar-refractivity contribution in [3.05, 3.63) is 76.7 Å². The van der Waals surface area contributed by atoms with Gasteiger partial charge in [0, 0.05) is 40.5 Å². The van der Waals surface area contributed by atoms with E-state index in [1.54, 1.807) is 17.8 Å². The Morgan fingerprint density at radius 3 is 2.75 bits per heavy atom. The first-order valence-corrected chi connectivity index (χ1v) is 12.2. The van der Waals surface area contributed by atoms with Crippen molar-refractivity contribution >= 4 is 28.5 Å². The van der Waals surface area contributed by atoms with Crippen LogP contribution in [-0.2, 0) is 11.3 Å². The lowest BCUT2D eigenvalue weighted by molar-refractivity contribution is 0.0526. The number of aromatic nitrogens is 5. The third kappa shape index (κ3) is 4.52. The molecule has 5 aromatic rings. The minimum Gasteiger partial charge on any atom is -0.462 e. The first-order valence-electron chi connectivity index (χ1n) is 11.8. The van der Waals surface area contributed by atoms with E-state index in [1.165, 1.54) is 6.20 Å². The molecular weight excluding hydrogens is 478 g/mol. The SMILES string of the molecule is CCOC(=O)c1cnn(Cc2ccc(-c3noc(-c4ccc5c(c4)c(Cl)cn5C(C)C)n3)c(C)c2)c1. The number of fused-ring (bicyclic) bond motifs is 1. The molecule has 0 amide bonds. The second-order valence-corrected chi connectivity index (χ2v) is 9.34. The van der Waals surface area contributed by atoms with Crippen LogP contribution in [0.5, 0.6) is 0 Å². The highest BCUT2D eigenvalue weighted by atomic mass is 35.5. The van der Waals surface area contributed by atoms with Crippen LogP contribution in [-0.4, -0.2) is 37.1 Å². The van der Waals surface area contributed by atoms with Crippen molar-refractivity contribution < 1.29 is 14.1 Å². The van der Waals surface area contributed by atoms with E-state index in [0.717, 1.165) is 33.2 Å². The van der Waals surface area contributed by atoms with Crippen LogP contribution >= 0.6 is 11.6 Å². The Bertz CT molecular complexity index is 1560. The fourth-order valence-electron chi connectivity index (χ4n) is 4.26. The number of carbonyl (C=O) groups is 1. The van der Waals surface area contributed by atoms with Gasteiger partial charge in [0.05, 0.1) is 29.9 Å². The van der Waals surface area contributed by atoms with Gasteiger partial charge in [-0.3, -0.25) is 4.68 Å². The van der Waals surface area contributed by atoms with Gasteiger partial charge < -0.3 is 13.8 Å². The quantitative estimate of drug-likeness (QED) is 0.241. The normalized spacial score (nSPS) is 11.5. The predicted molar refractivity (Wildman–Crippen MR) is 138 cm³/mol. The average Bonchev–Trinajstić information content (AvgIpc) is 3.59. The molecule has 0 bridgehead atoms. The van der Waals surface area contributed by atoms with Gasteiger partial charge in [-0.15, -0.1) is 0 Å². The van der Waals surface area contributed by atoms with Crippen LogP contribution in [0.1, 0.15) is 48.3 Å². The fourth-order valence-corrected chi connectivity index (χ4v) is 4.51. The second-order valence-electron chi connectivity index (χ2n) is 8.93. The zero-order chi connectivity index (χ0) is 25.4. The number of carbonyl (C=O) groups excluding carboxylic acids is 1. The van der Waals surface area contributed by atoms with Gasteiger partial charge >= 0.3 is 5.97 Å². The molecule has 0 N–H and O–H groups in total. The van der Waals surface area contributed by atoms with Gasteiger partial charge in [0.2, 0.25) is 5.82 Å². The molecule has 184 valence electrons. The predicted octanol–water partition coefficient (Wildman–Crippen LogP) is 6.32. The summed E-state index contributed by atoms with van der Waals surface area (Å²) in [4.78, 5) is 16.5. The third-order valence-electron chi connectivity index (χ3n) is 6.03. The summed E-state index contributed by atoms with van der Waals surface area (Å²) in [7, 11) is 0. The highest BCUT2D eigenvalue weighted by Crippen LogP contribution is 2.33. The minimum absolute atomic E-state index is 0.305. The molecule has 0 radical (unpaired) electrons. The van der Waals surface area contributed by atoms with Crippen molar-refractivity contribution in [2.24, 2.45) is 0 Å². The molecule has 9 heteroatoms. The van der Waals surface area contributed by atoms with Crippen LogP contribution in [0.3, 0.4) is 0 Å². The van der Waals surface area contributed by atoms with E-state index < -0.39 is 0 Å². The summed E-state index contributed by atoms with van der Waals surface area (Å²) >= 11 is 6.49. The molecule has 5 rings (SSSR count). The number of halogens is 1. The largest absolute Gasteiger partial charge is 0.462 e. The molecule has 0 aliphatic heterocycles. The Kier molecular flexibility index (Phi) is 6.36. The minimum atomic E-state index is -0.373. The Balaban J connectivity index is 1.37.